The van der Waals surface area contributed by atoms with Crippen molar-refractivity contribution in [2.75, 3.05) is 33.2 Å². The quantitative estimate of drug-likeness (QED) is 0.507. The number of carbonyl (C=O) groups is 2. The molecule has 14 heavy (non-hydrogen) atoms. The van der Waals surface area contributed by atoms with Gasteiger partial charge in [0.2, 0.25) is 5.91 Å². The molecule has 1 aliphatic heterocycles. The molecule has 0 atom stereocenters. The molecule has 1 rings (SSSR count). The molecular formula is C8H16N4O2. The second-order valence-corrected chi connectivity index (χ2v) is 3.44. The van der Waals surface area contributed by atoms with Crippen molar-refractivity contribution in [1.82, 2.24) is 15.5 Å². The molecule has 6 heteroatoms. The average Bonchev–Trinajstić information content (AvgIpc) is 2.01. The van der Waals surface area contributed by atoms with Crippen LogP contribution in [0, 0.1) is 5.92 Å². The maximum absolute atomic E-state index is 11.0. The van der Waals surface area contributed by atoms with Crippen molar-refractivity contribution in [3.63, 3.8) is 0 Å². The van der Waals surface area contributed by atoms with E-state index in [1.54, 1.807) is 11.9 Å². The summed E-state index contributed by atoms with van der Waals surface area (Å²) in [6.07, 6.45) is 0. The fourth-order valence-electron chi connectivity index (χ4n) is 1.36. The molecule has 80 valence electrons. The van der Waals surface area contributed by atoms with Gasteiger partial charge < -0.3 is 21.3 Å². The fourth-order valence-corrected chi connectivity index (χ4v) is 1.36. The summed E-state index contributed by atoms with van der Waals surface area (Å²) in [4.78, 5) is 23.2. The van der Waals surface area contributed by atoms with Crippen LogP contribution in [0.5, 0.6) is 0 Å². The summed E-state index contributed by atoms with van der Waals surface area (Å²) < 4.78 is 0. The van der Waals surface area contributed by atoms with E-state index < -0.39 is 0 Å². The highest BCUT2D eigenvalue weighted by Crippen LogP contribution is 2.13. The third-order valence-corrected chi connectivity index (χ3v) is 2.19. The van der Waals surface area contributed by atoms with Gasteiger partial charge in [0.1, 0.15) is 0 Å². The van der Waals surface area contributed by atoms with E-state index in [9.17, 15) is 9.59 Å². The van der Waals surface area contributed by atoms with E-state index in [2.05, 4.69) is 10.6 Å². The monoisotopic (exact) mass is 200 g/mol. The summed E-state index contributed by atoms with van der Waals surface area (Å²) in [7, 11) is 1.72. The molecule has 1 fully saturated rings. The van der Waals surface area contributed by atoms with Gasteiger partial charge in [-0.05, 0) is 7.05 Å². The Morgan fingerprint density at radius 1 is 1.50 bits per heavy atom. The highest BCUT2D eigenvalue weighted by Gasteiger charge is 2.28. The lowest BCUT2D eigenvalue weighted by atomic mass is 10.0. The number of nitrogens with zero attached hydrogens (tertiary/aromatic N) is 1. The molecule has 1 heterocycles. The predicted octanol–water partition coefficient (Wildman–Crippen LogP) is -1.67. The van der Waals surface area contributed by atoms with E-state index >= 15 is 0 Å². The van der Waals surface area contributed by atoms with Crippen LogP contribution >= 0.6 is 0 Å². The van der Waals surface area contributed by atoms with Crippen LogP contribution in [0.2, 0.25) is 0 Å². The van der Waals surface area contributed by atoms with Crippen molar-refractivity contribution in [2.24, 2.45) is 11.7 Å². The summed E-state index contributed by atoms with van der Waals surface area (Å²) in [5.74, 6) is 0.327. The van der Waals surface area contributed by atoms with Crippen LogP contribution in [0.1, 0.15) is 0 Å². The Morgan fingerprint density at radius 2 is 2.14 bits per heavy atom. The first-order valence-corrected chi connectivity index (χ1v) is 4.59. The number of nitrogens with one attached hydrogen (secondary N) is 2. The number of primary amides is 1. The van der Waals surface area contributed by atoms with Crippen LogP contribution in [0.15, 0.2) is 0 Å². The van der Waals surface area contributed by atoms with Crippen LogP contribution in [-0.2, 0) is 4.79 Å². The first-order valence-electron chi connectivity index (χ1n) is 4.59. The Morgan fingerprint density at radius 3 is 2.64 bits per heavy atom. The Bertz CT molecular complexity index is 225. The summed E-state index contributed by atoms with van der Waals surface area (Å²) in [6.45, 7) is 2.24. The molecule has 6 nitrogen and oxygen atoms in total. The molecule has 0 unspecified atom stereocenters. The van der Waals surface area contributed by atoms with Crippen LogP contribution < -0.4 is 16.4 Å². The first kappa shape index (κ1) is 10.8. The first-order chi connectivity index (χ1) is 6.63. The number of likely N-dealkylation sites (tertiary alicyclic amines) is 1. The minimum absolute atomic E-state index is 0.0231. The van der Waals surface area contributed by atoms with Gasteiger partial charge in [0, 0.05) is 25.6 Å². The molecule has 0 aromatic rings. The van der Waals surface area contributed by atoms with Crippen molar-refractivity contribution in [2.45, 2.75) is 0 Å². The number of nitrogens with two attached hydrogens (primary N) is 1. The van der Waals surface area contributed by atoms with Gasteiger partial charge in [0.25, 0.3) is 0 Å². The van der Waals surface area contributed by atoms with Crippen molar-refractivity contribution in [3.05, 3.63) is 0 Å². The van der Waals surface area contributed by atoms with Gasteiger partial charge in [-0.15, -0.1) is 0 Å². The molecular weight excluding hydrogens is 184 g/mol. The number of hydrogen-bond donors (Lipinski definition) is 3. The van der Waals surface area contributed by atoms with Gasteiger partial charge >= 0.3 is 6.03 Å². The zero-order valence-electron chi connectivity index (χ0n) is 8.25. The van der Waals surface area contributed by atoms with E-state index in [0.29, 0.717) is 32.1 Å². The maximum atomic E-state index is 11.0. The molecule has 0 bridgehead atoms. The predicted molar refractivity (Wildman–Crippen MR) is 51.6 cm³/mol. The Hall–Kier alpha value is -1.30. The number of urea groups is 1. The van der Waals surface area contributed by atoms with E-state index in [1.165, 1.54) is 0 Å². The third-order valence-electron chi connectivity index (χ3n) is 2.19. The SMILES string of the molecule is CNCC(=O)NCC1CN(C(N)=O)C1. The second kappa shape index (κ2) is 4.80. The van der Waals surface area contributed by atoms with E-state index in [4.69, 9.17) is 5.73 Å². The molecule has 1 saturated heterocycles. The lowest BCUT2D eigenvalue weighted by molar-refractivity contribution is -0.120. The van der Waals surface area contributed by atoms with Crippen molar-refractivity contribution in [3.8, 4) is 0 Å². The number of hydrogen-bond acceptors (Lipinski definition) is 3. The minimum atomic E-state index is -0.386. The average molecular weight is 200 g/mol. The summed E-state index contributed by atoms with van der Waals surface area (Å²) in [5, 5.41) is 5.52. The molecule has 0 aromatic carbocycles. The van der Waals surface area contributed by atoms with Gasteiger partial charge in [0.05, 0.1) is 6.54 Å². The number of amides is 3. The lowest BCUT2D eigenvalue weighted by Crippen LogP contribution is -2.55. The topological polar surface area (TPSA) is 87.5 Å². The minimum Gasteiger partial charge on any atom is -0.355 e. The van der Waals surface area contributed by atoms with Gasteiger partial charge in [0.15, 0.2) is 0 Å². The highest BCUT2D eigenvalue weighted by atomic mass is 16.2. The van der Waals surface area contributed by atoms with Gasteiger partial charge in [-0.25, -0.2) is 4.79 Å². The van der Waals surface area contributed by atoms with E-state index in [0.717, 1.165) is 0 Å². The molecule has 3 amide bonds. The highest BCUT2D eigenvalue weighted by molar-refractivity contribution is 5.78. The van der Waals surface area contributed by atoms with Crippen molar-refractivity contribution < 1.29 is 9.59 Å². The molecule has 0 aliphatic carbocycles. The number of likely N-dealkylation sites (N-methyl/N-ethyl adjacent to an activating group) is 1. The summed E-state index contributed by atoms with van der Waals surface area (Å²) in [5.41, 5.74) is 5.05. The van der Waals surface area contributed by atoms with Crippen molar-refractivity contribution >= 4 is 11.9 Å². The molecule has 0 saturated carbocycles. The zero-order valence-corrected chi connectivity index (χ0v) is 8.25. The van der Waals surface area contributed by atoms with Crippen LogP contribution in [0.3, 0.4) is 0 Å². The van der Waals surface area contributed by atoms with E-state index in [1.807, 2.05) is 0 Å². The van der Waals surface area contributed by atoms with Crippen LogP contribution in [0.25, 0.3) is 0 Å². The van der Waals surface area contributed by atoms with Gasteiger partial charge in [-0.3, -0.25) is 4.79 Å². The Labute approximate surface area is 82.8 Å². The standard InChI is InChI=1S/C8H16N4O2/c1-10-3-7(13)11-2-6-4-12(5-6)8(9)14/h6,10H,2-5H2,1H3,(H2,9,14)(H,11,13). The Kier molecular flexibility index (Phi) is 3.70. The normalized spacial score (nSPS) is 16.2. The molecule has 0 aromatic heterocycles. The summed E-state index contributed by atoms with van der Waals surface area (Å²) >= 11 is 0. The second-order valence-electron chi connectivity index (χ2n) is 3.44. The Balaban J connectivity index is 2.06. The molecule has 0 spiro atoms. The van der Waals surface area contributed by atoms with Gasteiger partial charge in [-0.2, -0.15) is 0 Å². The van der Waals surface area contributed by atoms with Crippen LogP contribution in [-0.4, -0.2) is 50.1 Å². The zero-order chi connectivity index (χ0) is 10.6. The van der Waals surface area contributed by atoms with Crippen LogP contribution in [0.4, 0.5) is 4.79 Å². The lowest BCUT2D eigenvalue weighted by Gasteiger charge is -2.37. The van der Waals surface area contributed by atoms with Crippen molar-refractivity contribution in [1.29, 1.82) is 0 Å². The molecule has 4 N–H and O–H groups in total. The maximum Gasteiger partial charge on any atom is 0.314 e. The van der Waals surface area contributed by atoms with Gasteiger partial charge in [-0.1, -0.05) is 0 Å². The largest absolute Gasteiger partial charge is 0.355 e. The smallest absolute Gasteiger partial charge is 0.314 e. The number of carbonyl (C=O) groups excluding carboxylic acids is 2. The fraction of sp³-hybridized carbons (Fsp3) is 0.750. The molecule has 0 radical (unpaired) electrons. The van der Waals surface area contributed by atoms with E-state index in [-0.39, 0.29) is 11.9 Å². The molecule has 1 aliphatic rings. The summed E-state index contributed by atoms with van der Waals surface area (Å²) in [6, 6.07) is -0.386. The number of rotatable bonds is 4. The third kappa shape index (κ3) is 2.88.